The molecular weight excluding hydrogens is 321 g/mol. The Balaban J connectivity index is 1.73. The predicted molar refractivity (Wildman–Crippen MR) is 95.1 cm³/mol. The van der Waals surface area contributed by atoms with Crippen LogP contribution in [0.1, 0.15) is 38.9 Å². The Morgan fingerprint density at radius 1 is 1.24 bits per heavy atom. The van der Waals surface area contributed by atoms with Crippen molar-refractivity contribution in [3.05, 3.63) is 36.2 Å². The number of hydrogen-bond donors (Lipinski definition) is 2. The molecule has 0 saturated heterocycles. The molecule has 0 amide bonds. The molecule has 1 atom stereocenters. The van der Waals surface area contributed by atoms with Crippen molar-refractivity contribution < 1.29 is 9.13 Å². The van der Waals surface area contributed by atoms with E-state index in [0.717, 1.165) is 18.6 Å². The number of alkyl halides is 1. The maximum Gasteiger partial charge on any atom is 0.228 e. The summed E-state index contributed by atoms with van der Waals surface area (Å²) in [7, 11) is 0. The Hall–Kier alpha value is -2.44. The zero-order valence-electron chi connectivity index (χ0n) is 14.6. The number of nitrogens with one attached hydrogen (secondary N) is 1. The molecule has 2 aromatic rings. The van der Waals surface area contributed by atoms with Crippen molar-refractivity contribution in [3.63, 3.8) is 0 Å². The van der Waals surface area contributed by atoms with Crippen LogP contribution in [0.25, 0.3) is 0 Å². The van der Waals surface area contributed by atoms with Crippen LogP contribution in [-0.2, 0) is 5.67 Å². The molecular formula is C18H24FN5O. The predicted octanol–water partition coefficient (Wildman–Crippen LogP) is 3.32. The number of nitrogens with zero attached hydrogens (tertiary/aromatic N) is 3. The van der Waals surface area contributed by atoms with Crippen molar-refractivity contribution in [1.82, 2.24) is 15.0 Å². The van der Waals surface area contributed by atoms with Gasteiger partial charge in [-0.25, -0.2) is 4.39 Å². The summed E-state index contributed by atoms with van der Waals surface area (Å²) >= 11 is 0. The van der Waals surface area contributed by atoms with Gasteiger partial charge in [-0.1, -0.05) is 24.6 Å². The molecule has 1 fully saturated rings. The van der Waals surface area contributed by atoms with Crippen LogP contribution in [0.2, 0.25) is 0 Å². The Morgan fingerprint density at radius 3 is 2.56 bits per heavy atom. The van der Waals surface area contributed by atoms with Gasteiger partial charge in [0.15, 0.2) is 11.5 Å². The minimum Gasteiger partial charge on any atom is -0.491 e. The number of halogens is 1. The molecule has 0 spiro atoms. The Labute approximate surface area is 147 Å². The second-order valence-corrected chi connectivity index (χ2v) is 6.88. The summed E-state index contributed by atoms with van der Waals surface area (Å²) < 4.78 is 20.0. The van der Waals surface area contributed by atoms with E-state index in [4.69, 9.17) is 10.5 Å². The highest BCUT2D eigenvalue weighted by molar-refractivity contribution is 5.34. The van der Waals surface area contributed by atoms with Crippen LogP contribution in [0.5, 0.6) is 5.75 Å². The van der Waals surface area contributed by atoms with Gasteiger partial charge in [-0.2, -0.15) is 15.0 Å². The summed E-state index contributed by atoms with van der Waals surface area (Å²) in [4.78, 5) is 12.2. The summed E-state index contributed by atoms with van der Waals surface area (Å²) in [5.74, 6) is 1.62. The zero-order valence-corrected chi connectivity index (χ0v) is 14.6. The Kier molecular flexibility index (Phi) is 5.01. The van der Waals surface area contributed by atoms with Crippen molar-refractivity contribution in [2.45, 2.75) is 44.8 Å². The molecule has 1 aliphatic rings. The number of rotatable bonds is 7. The lowest BCUT2D eigenvalue weighted by Crippen LogP contribution is -2.39. The quantitative estimate of drug-likeness (QED) is 0.801. The van der Waals surface area contributed by atoms with Crippen molar-refractivity contribution in [2.24, 2.45) is 5.92 Å². The molecule has 3 rings (SSSR count). The molecule has 0 bridgehead atoms. The number of anilines is 2. The number of nitrogen functional groups attached to an aromatic ring is 1. The third-order valence-corrected chi connectivity index (χ3v) is 4.39. The molecule has 7 heteroatoms. The number of para-hydroxylation sites is 1. The van der Waals surface area contributed by atoms with Gasteiger partial charge in [-0.05, 0) is 44.7 Å². The summed E-state index contributed by atoms with van der Waals surface area (Å²) in [6.07, 6.45) is 3.45. The second kappa shape index (κ2) is 7.21. The van der Waals surface area contributed by atoms with Gasteiger partial charge in [0.25, 0.3) is 0 Å². The van der Waals surface area contributed by atoms with Crippen LogP contribution in [0.3, 0.4) is 0 Å². The maximum absolute atomic E-state index is 14.2. The van der Waals surface area contributed by atoms with E-state index in [1.54, 1.807) is 0 Å². The molecule has 0 aliphatic heterocycles. The van der Waals surface area contributed by atoms with Crippen LogP contribution < -0.4 is 15.8 Å². The average molecular weight is 345 g/mol. The summed E-state index contributed by atoms with van der Waals surface area (Å²) in [5.41, 5.74) is 4.04. The van der Waals surface area contributed by atoms with Gasteiger partial charge in [0, 0.05) is 0 Å². The molecule has 0 radical (unpaired) electrons. The standard InChI is InChI=1S/C18H24FN5O/c1-18(2,19)15-22-16(20)24-17(23-15)21-14(12-7-6-8-12)11-25-13-9-4-3-5-10-13/h3-5,9-10,12,14H,6-8,11H2,1-2H3,(H3,20,21,22,23,24)/t14-/m0/s1. The highest BCUT2D eigenvalue weighted by Gasteiger charge is 2.30. The topological polar surface area (TPSA) is 86.0 Å². The summed E-state index contributed by atoms with van der Waals surface area (Å²) in [6, 6.07) is 9.69. The van der Waals surface area contributed by atoms with Crippen molar-refractivity contribution >= 4 is 11.9 Å². The first-order valence-corrected chi connectivity index (χ1v) is 8.57. The molecule has 0 unspecified atom stereocenters. The maximum atomic E-state index is 14.2. The van der Waals surface area contributed by atoms with Crippen LogP contribution in [0, 0.1) is 5.92 Å². The fourth-order valence-electron chi connectivity index (χ4n) is 2.73. The summed E-state index contributed by atoms with van der Waals surface area (Å²) in [5, 5.41) is 3.27. The van der Waals surface area contributed by atoms with E-state index < -0.39 is 5.67 Å². The SMILES string of the molecule is CC(C)(F)c1nc(N)nc(N[C@@H](COc2ccccc2)C2CCC2)n1. The van der Waals surface area contributed by atoms with E-state index in [0.29, 0.717) is 18.5 Å². The van der Waals surface area contributed by atoms with Crippen LogP contribution in [0.15, 0.2) is 30.3 Å². The van der Waals surface area contributed by atoms with E-state index in [-0.39, 0.29) is 17.8 Å². The first-order chi connectivity index (χ1) is 11.9. The van der Waals surface area contributed by atoms with E-state index >= 15 is 0 Å². The monoisotopic (exact) mass is 345 g/mol. The van der Waals surface area contributed by atoms with Gasteiger partial charge in [-0.3, -0.25) is 0 Å². The van der Waals surface area contributed by atoms with E-state index in [2.05, 4.69) is 20.3 Å². The Bertz CT molecular complexity index is 700. The van der Waals surface area contributed by atoms with Crippen molar-refractivity contribution in [3.8, 4) is 5.75 Å². The molecule has 1 aromatic carbocycles. The van der Waals surface area contributed by atoms with Crippen LogP contribution >= 0.6 is 0 Å². The molecule has 3 N–H and O–H groups in total. The first-order valence-electron chi connectivity index (χ1n) is 8.57. The van der Waals surface area contributed by atoms with Crippen molar-refractivity contribution in [2.75, 3.05) is 17.7 Å². The smallest absolute Gasteiger partial charge is 0.228 e. The average Bonchev–Trinajstić information content (AvgIpc) is 2.50. The van der Waals surface area contributed by atoms with E-state index in [1.165, 1.54) is 20.3 Å². The third kappa shape index (κ3) is 4.55. The van der Waals surface area contributed by atoms with Gasteiger partial charge in [0.05, 0.1) is 6.04 Å². The largest absolute Gasteiger partial charge is 0.491 e. The normalized spacial score (nSPS) is 16.1. The number of aromatic nitrogens is 3. The van der Waals surface area contributed by atoms with Crippen molar-refractivity contribution in [1.29, 1.82) is 0 Å². The fraction of sp³-hybridized carbons (Fsp3) is 0.500. The molecule has 1 aromatic heterocycles. The number of hydrogen-bond acceptors (Lipinski definition) is 6. The molecule has 25 heavy (non-hydrogen) atoms. The first kappa shape index (κ1) is 17.4. The molecule has 1 heterocycles. The van der Waals surface area contributed by atoms with Gasteiger partial charge in [0.2, 0.25) is 11.9 Å². The van der Waals surface area contributed by atoms with Gasteiger partial charge >= 0.3 is 0 Å². The van der Waals surface area contributed by atoms with Gasteiger partial charge in [0.1, 0.15) is 12.4 Å². The lowest BCUT2D eigenvalue weighted by atomic mass is 9.80. The molecule has 1 saturated carbocycles. The number of benzene rings is 1. The minimum atomic E-state index is -1.68. The van der Waals surface area contributed by atoms with Gasteiger partial charge in [-0.15, -0.1) is 0 Å². The third-order valence-electron chi connectivity index (χ3n) is 4.39. The lowest BCUT2D eigenvalue weighted by Gasteiger charge is -2.34. The highest BCUT2D eigenvalue weighted by atomic mass is 19.1. The second-order valence-electron chi connectivity index (χ2n) is 6.88. The Morgan fingerprint density at radius 2 is 1.96 bits per heavy atom. The molecule has 6 nitrogen and oxygen atoms in total. The minimum absolute atomic E-state index is 0.00885. The summed E-state index contributed by atoms with van der Waals surface area (Å²) in [6.45, 7) is 3.27. The highest BCUT2D eigenvalue weighted by Crippen LogP contribution is 2.31. The van der Waals surface area contributed by atoms with E-state index in [1.807, 2.05) is 30.3 Å². The lowest BCUT2D eigenvalue weighted by molar-refractivity contribution is 0.198. The zero-order chi connectivity index (χ0) is 17.9. The molecule has 1 aliphatic carbocycles. The van der Waals surface area contributed by atoms with Gasteiger partial charge < -0.3 is 15.8 Å². The number of nitrogens with two attached hydrogens (primary N) is 1. The number of ether oxygens (including phenoxy) is 1. The molecule has 134 valence electrons. The van der Waals surface area contributed by atoms with E-state index in [9.17, 15) is 4.39 Å². The van der Waals surface area contributed by atoms with Crippen LogP contribution in [-0.4, -0.2) is 27.6 Å². The van der Waals surface area contributed by atoms with Crippen LogP contribution in [0.4, 0.5) is 16.3 Å². The fourth-order valence-corrected chi connectivity index (χ4v) is 2.73.